The maximum absolute atomic E-state index is 11.4. The molecule has 17 heavy (non-hydrogen) atoms. The first kappa shape index (κ1) is 14.0. The van der Waals surface area contributed by atoms with Crippen molar-refractivity contribution < 1.29 is 8.42 Å². The second-order valence-electron chi connectivity index (χ2n) is 5.39. The summed E-state index contributed by atoms with van der Waals surface area (Å²) in [4.78, 5) is 0.177. The van der Waals surface area contributed by atoms with Crippen LogP contribution in [0.2, 0.25) is 0 Å². The normalized spacial score (nSPS) is 12.5. The number of hydrogen-bond acceptors (Lipinski definition) is 3. The molecular formula is C12H20N2O2S. The fourth-order valence-corrected chi connectivity index (χ4v) is 2.28. The van der Waals surface area contributed by atoms with Gasteiger partial charge in [-0.2, -0.15) is 0 Å². The average molecular weight is 256 g/mol. The van der Waals surface area contributed by atoms with Crippen molar-refractivity contribution >= 4 is 15.7 Å². The van der Waals surface area contributed by atoms with Crippen molar-refractivity contribution in [1.82, 2.24) is 0 Å². The van der Waals surface area contributed by atoms with E-state index in [0.29, 0.717) is 5.56 Å². The van der Waals surface area contributed by atoms with Crippen molar-refractivity contribution in [2.45, 2.75) is 32.6 Å². The predicted octanol–water partition coefficient (Wildman–Crippen LogP) is 2.10. The summed E-state index contributed by atoms with van der Waals surface area (Å²) in [5.41, 5.74) is 1.61. The average Bonchev–Trinajstić information content (AvgIpc) is 2.13. The molecule has 96 valence electrons. The van der Waals surface area contributed by atoms with E-state index >= 15 is 0 Å². The Morgan fingerprint density at radius 3 is 2.35 bits per heavy atom. The lowest BCUT2D eigenvalue weighted by atomic mass is 9.97. The molecule has 4 nitrogen and oxygen atoms in total. The molecule has 0 aliphatic rings. The van der Waals surface area contributed by atoms with Gasteiger partial charge in [-0.3, -0.25) is 0 Å². The van der Waals surface area contributed by atoms with Crippen LogP contribution in [0.5, 0.6) is 0 Å². The van der Waals surface area contributed by atoms with Crippen LogP contribution in [-0.4, -0.2) is 15.0 Å². The van der Waals surface area contributed by atoms with Gasteiger partial charge in [-0.05, 0) is 30.0 Å². The monoisotopic (exact) mass is 256 g/mol. The van der Waals surface area contributed by atoms with E-state index in [1.807, 2.05) is 6.07 Å². The third kappa shape index (κ3) is 4.02. The molecule has 0 saturated carbocycles. The number of hydrogen-bond donors (Lipinski definition) is 2. The SMILES string of the molecule is Cc1c(NCC(C)(C)C)cccc1S(N)(=O)=O. The summed E-state index contributed by atoms with van der Waals surface area (Å²) in [6.07, 6.45) is 0. The van der Waals surface area contributed by atoms with Crippen molar-refractivity contribution in [3.8, 4) is 0 Å². The summed E-state index contributed by atoms with van der Waals surface area (Å²) in [7, 11) is -3.65. The Kier molecular flexibility index (Phi) is 3.84. The third-order valence-electron chi connectivity index (χ3n) is 2.40. The third-order valence-corrected chi connectivity index (χ3v) is 3.46. The highest BCUT2D eigenvalue weighted by molar-refractivity contribution is 7.89. The van der Waals surface area contributed by atoms with Gasteiger partial charge in [0.1, 0.15) is 0 Å². The highest BCUT2D eigenvalue weighted by Crippen LogP contribution is 2.23. The smallest absolute Gasteiger partial charge is 0.238 e. The minimum atomic E-state index is -3.65. The maximum Gasteiger partial charge on any atom is 0.238 e. The fourth-order valence-electron chi connectivity index (χ4n) is 1.47. The molecule has 0 heterocycles. The van der Waals surface area contributed by atoms with E-state index in [0.717, 1.165) is 12.2 Å². The van der Waals surface area contributed by atoms with Gasteiger partial charge < -0.3 is 5.32 Å². The summed E-state index contributed by atoms with van der Waals surface area (Å²) in [5.74, 6) is 0. The zero-order valence-corrected chi connectivity index (χ0v) is 11.6. The van der Waals surface area contributed by atoms with Gasteiger partial charge in [0, 0.05) is 12.2 Å². The van der Waals surface area contributed by atoms with Crippen molar-refractivity contribution in [3.05, 3.63) is 23.8 Å². The Hall–Kier alpha value is -1.07. The van der Waals surface area contributed by atoms with E-state index in [1.54, 1.807) is 13.0 Å². The molecule has 0 saturated heterocycles. The molecular weight excluding hydrogens is 236 g/mol. The summed E-state index contributed by atoms with van der Waals surface area (Å²) >= 11 is 0. The number of nitrogens with two attached hydrogens (primary N) is 1. The minimum absolute atomic E-state index is 0.129. The first-order valence-electron chi connectivity index (χ1n) is 5.47. The van der Waals surface area contributed by atoms with Crippen LogP contribution in [0.1, 0.15) is 26.3 Å². The van der Waals surface area contributed by atoms with Crippen molar-refractivity contribution in [1.29, 1.82) is 0 Å². The van der Waals surface area contributed by atoms with Gasteiger partial charge in [-0.1, -0.05) is 26.8 Å². The molecule has 0 fully saturated rings. The Bertz CT molecular complexity index is 502. The molecule has 0 bridgehead atoms. The Balaban J connectivity index is 3.04. The quantitative estimate of drug-likeness (QED) is 0.870. The van der Waals surface area contributed by atoms with Crippen LogP contribution >= 0.6 is 0 Å². The summed E-state index contributed by atoms with van der Waals surface area (Å²) in [6, 6.07) is 5.07. The minimum Gasteiger partial charge on any atom is -0.384 e. The van der Waals surface area contributed by atoms with Crippen LogP contribution in [-0.2, 0) is 10.0 Å². The van der Waals surface area contributed by atoms with E-state index in [9.17, 15) is 8.42 Å². The maximum atomic E-state index is 11.4. The number of anilines is 1. The predicted molar refractivity (Wildman–Crippen MR) is 70.5 cm³/mol. The van der Waals surface area contributed by atoms with Crippen LogP contribution in [0.25, 0.3) is 0 Å². The van der Waals surface area contributed by atoms with Crippen molar-refractivity contribution in [3.63, 3.8) is 0 Å². The highest BCUT2D eigenvalue weighted by atomic mass is 32.2. The molecule has 0 aliphatic heterocycles. The summed E-state index contributed by atoms with van der Waals surface area (Å²) < 4.78 is 22.7. The Labute approximate surface area is 103 Å². The summed E-state index contributed by atoms with van der Waals surface area (Å²) in [6.45, 7) is 8.85. The number of nitrogens with one attached hydrogen (secondary N) is 1. The summed E-state index contributed by atoms with van der Waals surface area (Å²) in [5, 5.41) is 8.40. The molecule has 0 unspecified atom stereocenters. The number of primary sulfonamides is 1. The zero-order chi connectivity index (χ0) is 13.3. The highest BCUT2D eigenvalue weighted by Gasteiger charge is 2.15. The van der Waals surface area contributed by atoms with Crippen LogP contribution in [0.15, 0.2) is 23.1 Å². The van der Waals surface area contributed by atoms with Crippen LogP contribution in [0.3, 0.4) is 0 Å². The standard InChI is InChI=1S/C12H20N2O2S/c1-9-10(14-8-12(2,3)4)6-5-7-11(9)17(13,15)16/h5-7,14H,8H2,1-4H3,(H2,13,15,16). The van der Waals surface area contributed by atoms with E-state index < -0.39 is 10.0 Å². The Morgan fingerprint density at radius 2 is 1.88 bits per heavy atom. The van der Waals surface area contributed by atoms with Gasteiger partial charge in [0.25, 0.3) is 0 Å². The van der Waals surface area contributed by atoms with Crippen molar-refractivity contribution in [2.24, 2.45) is 10.6 Å². The topological polar surface area (TPSA) is 72.2 Å². The molecule has 1 aromatic carbocycles. The molecule has 0 aromatic heterocycles. The van der Waals surface area contributed by atoms with Gasteiger partial charge in [0.2, 0.25) is 10.0 Å². The van der Waals surface area contributed by atoms with Gasteiger partial charge in [-0.15, -0.1) is 0 Å². The molecule has 3 N–H and O–H groups in total. The first-order valence-corrected chi connectivity index (χ1v) is 7.02. The van der Waals surface area contributed by atoms with E-state index in [-0.39, 0.29) is 10.3 Å². The first-order chi connectivity index (χ1) is 7.61. The molecule has 0 spiro atoms. The number of sulfonamides is 1. The van der Waals surface area contributed by atoms with Crippen LogP contribution < -0.4 is 10.5 Å². The Morgan fingerprint density at radius 1 is 1.29 bits per heavy atom. The van der Waals surface area contributed by atoms with E-state index in [2.05, 4.69) is 26.1 Å². The molecule has 0 atom stereocenters. The van der Waals surface area contributed by atoms with Crippen LogP contribution in [0, 0.1) is 12.3 Å². The second kappa shape index (κ2) is 4.66. The molecule has 1 rings (SSSR count). The zero-order valence-electron chi connectivity index (χ0n) is 10.7. The largest absolute Gasteiger partial charge is 0.384 e. The molecule has 0 aliphatic carbocycles. The lowest BCUT2D eigenvalue weighted by Gasteiger charge is -2.21. The van der Waals surface area contributed by atoms with E-state index in [4.69, 9.17) is 5.14 Å². The van der Waals surface area contributed by atoms with Gasteiger partial charge in [-0.25, -0.2) is 13.6 Å². The molecule has 5 heteroatoms. The van der Waals surface area contributed by atoms with E-state index in [1.165, 1.54) is 6.07 Å². The van der Waals surface area contributed by atoms with Crippen molar-refractivity contribution in [2.75, 3.05) is 11.9 Å². The second-order valence-corrected chi connectivity index (χ2v) is 6.92. The number of benzene rings is 1. The van der Waals surface area contributed by atoms with Gasteiger partial charge in [0.05, 0.1) is 4.90 Å². The molecule has 1 aromatic rings. The fraction of sp³-hybridized carbons (Fsp3) is 0.500. The molecule has 0 radical (unpaired) electrons. The number of rotatable bonds is 3. The lowest BCUT2D eigenvalue weighted by Crippen LogP contribution is -2.20. The van der Waals surface area contributed by atoms with Crippen LogP contribution in [0.4, 0.5) is 5.69 Å². The van der Waals surface area contributed by atoms with Gasteiger partial charge >= 0.3 is 0 Å². The lowest BCUT2D eigenvalue weighted by molar-refractivity contribution is 0.443. The van der Waals surface area contributed by atoms with Gasteiger partial charge in [0.15, 0.2) is 0 Å². The molecule has 0 amide bonds.